The van der Waals surface area contributed by atoms with Crippen molar-refractivity contribution in [3.05, 3.63) is 29.6 Å². The Bertz CT molecular complexity index is 382. The third-order valence-electron chi connectivity index (χ3n) is 1.94. The monoisotopic (exact) mass is 193 g/mol. The summed E-state index contributed by atoms with van der Waals surface area (Å²) in [6.07, 6.45) is -0.0700. The van der Waals surface area contributed by atoms with Crippen molar-refractivity contribution >= 4 is 0 Å². The highest BCUT2D eigenvalue weighted by Crippen LogP contribution is 2.36. The molecule has 2 rings (SSSR count). The van der Waals surface area contributed by atoms with Crippen LogP contribution >= 0.6 is 0 Å². The summed E-state index contributed by atoms with van der Waals surface area (Å²) in [6, 6.07) is 6.06. The maximum Gasteiger partial charge on any atom is 0.174 e. The van der Waals surface area contributed by atoms with Crippen LogP contribution in [-0.2, 0) is 4.74 Å². The molecule has 0 bridgehead atoms. The summed E-state index contributed by atoms with van der Waals surface area (Å²) in [6.45, 7) is 0.553. The maximum atomic E-state index is 12.9. The van der Waals surface area contributed by atoms with E-state index in [0.29, 0.717) is 17.9 Å². The first-order chi connectivity index (χ1) is 6.81. The Balaban J connectivity index is 2.24. The highest BCUT2D eigenvalue weighted by atomic mass is 19.1. The second kappa shape index (κ2) is 3.64. The van der Waals surface area contributed by atoms with Gasteiger partial charge in [-0.3, -0.25) is 0 Å². The lowest BCUT2D eigenvalue weighted by atomic mass is 10.1. The lowest BCUT2D eigenvalue weighted by Gasteiger charge is -2.06. The van der Waals surface area contributed by atoms with Gasteiger partial charge in [0, 0.05) is 5.56 Å². The molecule has 72 valence electrons. The van der Waals surface area contributed by atoms with Crippen molar-refractivity contribution in [1.29, 1.82) is 5.26 Å². The van der Waals surface area contributed by atoms with E-state index in [9.17, 15) is 4.39 Å². The zero-order valence-electron chi connectivity index (χ0n) is 7.37. The van der Waals surface area contributed by atoms with Crippen molar-refractivity contribution in [3.63, 3.8) is 0 Å². The zero-order chi connectivity index (χ0) is 9.97. The van der Waals surface area contributed by atoms with Gasteiger partial charge in [0.1, 0.15) is 23.7 Å². The molecule has 0 saturated carbocycles. The summed E-state index contributed by atoms with van der Waals surface area (Å²) < 4.78 is 23.1. The predicted octanol–water partition coefficient (Wildman–Crippen LogP) is 1.80. The number of nitriles is 1. The second-order valence-corrected chi connectivity index (χ2v) is 2.95. The zero-order valence-corrected chi connectivity index (χ0v) is 7.37. The summed E-state index contributed by atoms with van der Waals surface area (Å²) >= 11 is 0. The molecule has 3 nitrogen and oxygen atoms in total. The fourth-order valence-electron chi connectivity index (χ4n) is 1.24. The fraction of sp³-hybridized carbons (Fsp3) is 0.300. The summed E-state index contributed by atoms with van der Waals surface area (Å²) in [5.74, 6) is 0.204. The van der Waals surface area contributed by atoms with Gasteiger partial charge in [-0.2, -0.15) is 5.26 Å². The van der Waals surface area contributed by atoms with Crippen molar-refractivity contribution < 1.29 is 13.9 Å². The molecule has 0 N–H and O–H groups in total. The lowest BCUT2D eigenvalue weighted by Crippen LogP contribution is -1.97. The van der Waals surface area contributed by atoms with Crippen LogP contribution in [0.4, 0.5) is 4.39 Å². The van der Waals surface area contributed by atoms with Gasteiger partial charge >= 0.3 is 0 Å². The van der Waals surface area contributed by atoms with Crippen molar-refractivity contribution in [2.75, 3.05) is 13.2 Å². The van der Waals surface area contributed by atoms with Crippen molar-refractivity contribution in [1.82, 2.24) is 0 Å². The molecule has 0 radical (unpaired) electrons. The van der Waals surface area contributed by atoms with Crippen LogP contribution in [0.5, 0.6) is 5.75 Å². The van der Waals surface area contributed by atoms with Gasteiger partial charge in [0.25, 0.3) is 0 Å². The first-order valence-corrected chi connectivity index (χ1v) is 4.22. The standard InChI is InChI=1S/C10H8FNO2/c11-7-1-2-9(13-4-3-12)8(5-7)10-6-14-10/h1-2,5,10H,4,6H2. The molecule has 1 aromatic rings. The largest absolute Gasteiger partial charge is 0.478 e. The van der Waals surface area contributed by atoms with Crippen LogP contribution < -0.4 is 4.74 Å². The molecule has 0 aromatic heterocycles. The molecule has 1 aromatic carbocycles. The van der Waals surface area contributed by atoms with Crippen molar-refractivity contribution in [2.24, 2.45) is 0 Å². The van der Waals surface area contributed by atoms with Crippen molar-refractivity contribution in [2.45, 2.75) is 6.10 Å². The Morgan fingerprint density at radius 2 is 2.43 bits per heavy atom. The number of epoxide rings is 1. The van der Waals surface area contributed by atoms with Crippen LogP contribution in [0, 0.1) is 17.1 Å². The molecular weight excluding hydrogens is 185 g/mol. The van der Waals surface area contributed by atoms with Crippen LogP contribution in [0.25, 0.3) is 0 Å². The topological polar surface area (TPSA) is 45.5 Å². The van der Waals surface area contributed by atoms with E-state index in [2.05, 4.69) is 0 Å². The summed E-state index contributed by atoms with van der Waals surface area (Å²) in [4.78, 5) is 0. The quantitative estimate of drug-likeness (QED) is 0.687. The number of benzene rings is 1. The van der Waals surface area contributed by atoms with E-state index >= 15 is 0 Å². The number of hydrogen-bond donors (Lipinski definition) is 0. The van der Waals surface area contributed by atoms with Gasteiger partial charge in [-0.1, -0.05) is 0 Å². The number of rotatable bonds is 3. The maximum absolute atomic E-state index is 12.9. The predicted molar refractivity (Wildman–Crippen MR) is 46.2 cm³/mol. The van der Waals surface area contributed by atoms with Gasteiger partial charge in [0.2, 0.25) is 0 Å². The molecule has 0 spiro atoms. The Kier molecular flexibility index (Phi) is 2.33. The Morgan fingerprint density at radius 3 is 3.07 bits per heavy atom. The van der Waals surface area contributed by atoms with Crippen LogP contribution in [0.2, 0.25) is 0 Å². The van der Waals surface area contributed by atoms with E-state index < -0.39 is 0 Å². The summed E-state index contributed by atoms with van der Waals surface area (Å²) in [5.41, 5.74) is 0.681. The van der Waals surface area contributed by atoms with Gasteiger partial charge in [0.05, 0.1) is 6.61 Å². The molecule has 1 atom stereocenters. The minimum Gasteiger partial charge on any atom is -0.478 e. The minimum absolute atomic E-state index is 0.0364. The van der Waals surface area contributed by atoms with Crippen LogP contribution in [0.1, 0.15) is 11.7 Å². The average molecular weight is 193 g/mol. The molecule has 0 amide bonds. The Hall–Kier alpha value is -1.60. The van der Waals surface area contributed by atoms with Crippen LogP contribution in [0.3, 0.4) is 0 Å². The third kappa shape index (κ3) is 1.83. The molecule has 4 heteroatoms. The van der Waals surface area contributed by atoms with E-state index in [4.69, 9.17) is 14.7 Å². The van der Waals surface area contributed by atoms with Gasteiger partial charge in [0.15, 0.2) is 6.61 Å². The van der Waals surface area contributed by atoms with Gasteiger partial charge < -0.3 is 9.47 Å². The highest BCUT2D eigenvalue weighted by molar-refractivity contribution is 5.37. The fourth-order valence-corrected chi connectivity index (χ4v) is 1.24. The molecule has 1 fully saturated rings. The van der Waals surface area contributed by atoms with E-state index in [0.717, 1.165) is 0 Å². The molecule has 1 aliphatic rings. The second-order valence-electron chi connectivity index (χ2n) is 2.95. The smallest absolute Gasteiger partial charge is 0.174 e. The van der Waals surface area contributed by atoms with E-state index in [1.165, 1.54) is 18.2 Å². The summed E-state index contributed by atoms with van der Waals surface area (Å²) in [7, 11) is 0. The minimum atomic E-state index is -0.320. The number of halogens is 1. The number of ether oxygens (including phenoxy) is 2. The molecular formula is C10H8FNO2. The van der Waals surface area contributed by atoms with E-state index in [1.807, 2.05) is 6.07 Å². The normalized spacial score (nSPS) is 18.7. The molecule has 1 aliphatic heterocycles. The van der Waals surface area contributed by atoms with E-state index in [1.54, 1.807) is 0 Å². The van der Waals surface area contributed by atoms with Gasteiger partial charge in [-0.15, -0.1) is 0 Å². The lowest BCUT2D eigenvalue weighted by molar-refractivity contribution is 0.351. The number of nitrogens with zero attached hydrogens (tertiary/aromatic N) is 1. The molecule has 0 aliphatic carbocycles. The Labute approximate surface area is 80.7 Å². The van der Waals surface area contributed by atoms with Gasteiger partial charge in [-0.25, -0.2) is 4.39 Å². The molecule has 1 heterocycles. The Morgan fingerprint density at radius 1 is 1.64 bits per heavy atom. The first kappa shape index (κ1) is 8.97. The van der Waals surface area contributed by atoms with Gasteiger partial charge in [-0.05, 0) is 18.2 Å². The van der Waals surface area contributed by atoms with Crippen LogP contribution in [-0.4, -0.2) is 13.2 Å². The SMILES string of the molecule is N#CCOc1ccc(F)cc1C1CO1. The average Bonchev–Trinajstić information content (AvgIpc) is 2.99. The van der Waals surface area contributed by atoms with Crippen molar-refractivity contribution in [3.8, 4) is 11.8 Å². The molecule has 1 saturated heterocycles. The highest BCUT2D eigenvalue weighted by Gasteiger charge is 2.28. The van der Waals surface area contributed by atoms with E-state index in [-0.39, 0.29) is 18.5 Å². The van der Waals surface area contributed by atoms with Crippen LogP contribution in [0.15, 0.2) is 18.2 Å². The third-order valence-corrected chi connectivity index (χ3v) is 1.94. The number of hydrogen-bond acceptors (Lipinski definition) is 3. The molecule has 1 unspecified atom stereocenters. The molecule has 14 heavy (non-hydrogen) atoms. The summed E-state index contributed by atoms with van der Waals surface area (Å²) in [5, 5.41) is 8.35. The first-order valence-electron chi connectivity index (χ1n) is 4.22.